The van der Waals surface area contributed by atoms with Gasteiger partial charge in [0.1, 0.15) is 0 Å². The molecule has 13 heavy (non-hydrogen) atoms. The van der Waals surface area contributed by atoms with E-state index in [0.29, 0.717) is 0 Å². The van der Waals surface area contributed by atoms with E-state index in [1.807, 2.05) is 0 Å². The Morgan fingerprint density at radius 3 is 2.31 bits per heavy atom. The zero-order chi connectivity index (χ0) is 9.85. The van der Waals surface area contributed by atoms with Crippen molar-refractivity contribution in [3.8, 4) is 0 Å². The molecule has 0 heterocycles. The molecule has 3 heteroatoms. The maximum Gasteiger partial charge on any atom is 0.0614 e. The quantitative estimate of drug-likeness (QED) is 0.443. The van der Waals surface area contributed by atoms with Crippen LogP contribution in [-0.4, -0.2) is 22.1 Å². The Morgan fingerprint density at radius 2 is 2.00 bits per heavy atom. The fraction of sp³-hybridized carbons (Fsp3) is 0.900. The Balaban J connectivity index is 2.46. The molecule has 2 aliphatic carbocycles. The molecule has 0 aromatic carbocycles. The highest BCUT2D eigenvalue weighted by atomic mass is 16.4. The predicted molar refractivity (Wildman–Crippen MR) is 49.8 cm³/mol. The first-order valence-electron chi connectivity index (χ1n) is 4.82. The molecule has 2 rings (SSSR count). The van der Waals surface area contributed by atoms with Crippen LogP contribution in [0.3, 0.4) is 0 Å². The molecule has 3 nitrogen and oxygen atoms in total. The van der Waals surface area contributed by atoms with Gasteiger partial charge >= 0.3 is 0 Å². The average molecular weight is 183 g/mol. The number of aliphatic hydroxyl groups is 1. The van der Waals surface area contributed by atoms with Crippen LogP contribution in [0.1, 0.15) is 33.6 Å². The molecular formula is C10H17NO2. The van der Waals surface area contributed by atoms with Crippen LogP contribution in [0.4, 0.5) is 0 Å². The van der Waals surface area contributed by atoms with Crippen molar-refractivity contribution in [1.29, 1.82) is 0 Å². The minimum absolute atomic E-state index is 0.0635. The van der Waals surface area contributed by atoms with Gasteiger partial charge in [0, 0.05) is 11.3 Å². The second kappa shape index (κ2) is 2.27. The third-order valence-corrected chi connectivity index (χ3v) is 4.62. The topological polar surface area (TPSA) is 52.8 Å². The SMILES string of the molecule is CC1(C)C2CC(O)C1(C)C/C2=N\O. The molecular weight excluding hydrogens is 166 g/mol. The van der Waals surface area contributed by atoms with Crippen molar-refractivity contribution in [2.45, 2.75) is 39.7 Å². The second-order valence-corrected chi connectivity index (χ2v) is 5.21. The van der Waals surface area contributed by atoms with Crippen molar-refractivity contribution in [3.05, 3.63) is 0 Å². The molecule has 2 saturated carbocycles. The number of nitrogens with zero attached hydrogens (tertiary/aromatic N) is 1. The zero-order valence-electron chi connectivity index (χ0n) is 8.41. The Bertz CT molecular complexity index is 272. The van der Waals surface area contributed by atoms with Crippen LogP contribution in [0.15, 0.2) is 5.16 Å². The van der Waals surface area contributed by atoms with E-state index in [-0.39, 0.29) is 22.9 Å². The number of aliphatic hydroxyl groups excluding tert-OH is 1. The molecule has 2 N–H and O–H groups in total. The summed E-state index contributed by atoms with van der Waals surface area (Å²) in [4.78, 5) is 0. The van der Waals surface area contributed by atoms with Gasteiger partial charge in [-0.05, 0) is 18.3 Å². The van der Waals surface area contributed by atoms with Gasteiger partial charge in [0.05, 0.1) is 11.8 Å². The van der Waals surface area contributed by atoms with Crippen LogP contribution < -0.4 is 0 Å². The number of hydrogen-bond donors (Lipinski definition) is 2. The smallest absolute Gasteiger partial charge is 0.0614 e. The summed E-state index contributed by atoms with van der Waals surface area (Å²) in [5.74, 6) is 0.262. The largest absolute Gasteiger partial charge is 0.411 e. The lowest BCUT2D eigenvalue weighted by Crippen LogP contribution is -2.35. The fourth-order valence-electron chi connectivity index (χ4n) is 3.11. The van der Waals surface area contributed by atoms with E-state index in [9.17, 15) is 5.11 Å². The molecule has 74 valence electrons. The zero-order valence-corrected chi connectivity index (χ0v) is 8.41. The lowest BCUT2D eigenvalue weighted by Gasteiger charge is -2.35. The van der Waals surface area contributed by atoms with E-state index in [2.05, 4.69) is 25.9 Å². The average Bonchev–Trinajstić information content (AvgIpc) is 2.34. The number of rotatable bonds is 0. The first-order valence-corrected chi connectivity index (χ1v) is 4.82. The van der Waals surface area contributed by atoms with Crippen molar-refractivity contribution in [2.75, 3.05) is 0 Å². The van der Waals surface area contributed by atoms with Gasteiger partial charge in [-0.1, -0.05) is 25.9 Å². The summed E-state index contributed by atoms with van der Waals surface area (Å²) in [6, 6.07) is 0. The monoisotopic (exact) mass is 183 g/mol. The summed E-state index contributed by atoms with van der Waals surface area (Å²) in [5, 5.41) is 22.1. The third kappa shape index (κ3) is 0.810. The van der Waals surface area contributed by atoms with E-state index in [0.717, 1.165) is 18.6 Å². The standard InChI is InChI=1S/C10H17NO2/c1-9(2)6-4-8(12)10(9,3)5-7(6)11-13/h6,8,12-13H,4-5H2,1-3H3/b11-7+. The van der Waals surface area contributed by atoms with Gasteiger partial charge in [-0.2, -0.15) is 0 Å². The van der Waals surface area contributed by atoms with Crippen molar-refractivity contribution < 1.29 is 10.3 Å². The lowest BCUT2D eigenvalue weighted by atomic mass is 9.70. The molecule has 0 spiro atoms. The fourth-order valence-corrected chi connectivity index (χ4v) is 3.11. The van der Waals surface area contributed by atoms with Crippen LogP contribution >= 0.6 is 0 Å². The first kappa shape index (κ1) is 9.00. The van der Waals surface area contributed by atoms with Crippen molar-refractivity contribution in [3.63, 3.8) is 0 Å². The van der Waals surface area contributed by atoms with Gasteiger partial charge in [-0.15, -0.1) is 0 Å². The van der Waals surface area contributed by atoms with Gasteiger partial charge in [0.15, 0.2) is 0 Å². The van der Waals surface area contributed by atoms with Crippen LogP contribution in [0, 0.1) is 16.7 Å². The van der Waals surface area contributed by atoms with Crippen LogP contribution in [-0.2, 0) is 0 Å². The Labute approximate surface area is 78.4 Å². The summed E-state index contributed by atoms with van der Waals surface area (Å²) in [5.41, 5.74) is 0.838. The van der Waals surface area contributed by atoms with E-state index >= 15 is 0 Å². The number of oxime groups is 1. The summed E-state index contributed by atoms with van der Waals surface area (Å²) in [7, 11) is 0. The molecule has 0 saturated heterocycles. The molecule has 3 atom stereocenters. The van der Waals surface area contributed by atoms with Crippen LogP contribution in [0.25, 0.3) is 0 Å². The second-order valence-electron chi connectivity index (χ2n) is 5.21. The van der Waals surface area contributed by atoms with Gasteiger partial charge in [0.25, 0.3) is 0 Å². The lowest BCUT2D eigenvalue weighted by molar-refractivity contribution is 0.0175. The first-order chi connectivity index (χ1) is 5.93. The Morgan fingerprint density at radius 1 is 1.38 bits per heavy atom. The Hall–Kier alpha value is -0.570. The highest BCUT2D eigenvalue weighted by molar-refractivity contribution is 5.91. The highest BCUT2D eigenvalue weighted by Gasteiger charge is 2.64. The molecule has 3 unspecified atom stereocenters. The van der Waals surface area contributed by atoms with Crippen molar-refractivity contribution in [2.24, 2.45) is 21.9 Å². The normalized spacial score (nSPS) is 50.3. The van der Waals surface area contributed by atoms with Gasteiger partial charge < -0.3 is 10.3 Å². The van der Waals surface area contributed by atoms with Gasteiger partial charge in [0.2, 0.25) is 0 Å². The summed E-state index contributed by atoms with van der Waals surface area (Å²) in [6.07, 6.45) is 1.25. The summed E-state index contributed by atoms with van der Waals surface area (Å²) >= 11 is 0. The molecule has 2 aliphatic rings. The summed E-state index contributed by atoms with van der Waals surface area (Å²) in [6.45, 7) is 6.41. The van der Waals surface area contributed by atoms with E-state index in [1.165, 1.54) is 0 Å². The molecule has 0 aliphatic heterocycles. The van der Waals surface area contributed by atoms with E-state index in [1.54, 1.807) is 0 Å². The number of fused-ring (bicyclic) bond motifs is 2. The van der Waals surface area contributed by atoms with Crippen molar-refractivity contribution >= 4 is 5.71 Å². The highest BCUT2D eigenvalue weighted by Crippen LogP contribution is 2.64. The van der Waals surface area contributed by atoms with E-state index in [4.69, 9.17) is 5.21 Å². The maximum atomic E-state index is 9.89. The number of hydrogen-bond acceptors (Lipinski definition) is 3. The Kier molecular flexibility index (Phi) is 1.57. The minimum Gasteiger partial charge on any atom is -0.411 e. The van der Waals surface area contributed by atoms with Gasteiger partial charge in [-0.25, -0.2) is 0 Å². The molecule has 0 radical (unpaired) electrons. The van der Waals surface area contributed by atoms with Crippen LogP contribution in [0.2, 0.25) is 0 Å². The molecule has 0 amide bonds. The van der Waals surface area contributed by atoms with Crippen LogP contribution in [0.5, 0.6) is 0 Å². The summed E-state index contributed by atoms with van der Waals surface area (Å²) < 4.78 is 0. The molecule has 0 aromatic heterocycles. The van der Waals surface area contributed by atoms with E-state index < -0.39 is 0 Å². The third-order valence-electron chi connectivity index (χ3n) is 4.62. The molecule has 2 bridgehead atoms. The van der Waals surface area contributed by atoms with Crippen molar-refractivity contribution in [1.82, 2.24) is 0 Å². The van der Waals surface area contributed by atoms with Gasteiger partial charge in [-0.3, -0.25) is 0 Å². The predicted octanol–water partition coefficient (Wildman–Crippen LogP) is 1.63. The molecule has 2 fully saturated rings. The minimum atomic E-state index is -0.238. The molecule has 0 aromatic rings. The maximum absolute atomic E-state index is 9.89.